The maximum absolute atomic E-state index is 12.5. The number of benzene rings is 1. The van der Waals surface area contributed by atoms with Gasteiger partial charge in [0.15, 0.2) is 11.5 Å². The predicted octanol–water partition coefficient (Wildman–Crippen LogP) is 2.41. The Morgan fingerprint density at radius 2 is 1.95 bits per heavy atom. The maximum atomic E-state index is 12.5. The van der Waals surface area contributed by atoms with Gasteiger partial charge in [-0.1, -0.05) is 12.8 Å². The third kappa shape index (κ3) is 3.67. The lowest BCUT2D eigenvalue weighted by Crippen LogP contribution is -2.35. The summed E-state index contributed by atoms with van der Waals surface area (Å²) >= 11 is 0. The quantitative estimate of drug-likeness (QED) is 0.874. The molecule has 2 unspecified atom stereocenters. The summed E-state index contributed by atoms with van der Waals surface area (Å²) < 4.78 is 10.4. The molecule has 2 atom stereocenters. The summed E-state index contributed by atoms with van der Waals surface area (Å²) in [5.41, 5.74) is 6.51. The van der Waals surface area contributed by atoms with Crippen LogP contribution in [0.1, 0.15) is 25.7 Å². The van der Waals surface area contributed by atoms with Crippen molar-refractivity contribution in [1.82, 2.24) is 0 Å². The molecule has 116 valence electrons. The number of amides is 1. The second-order valence-corrected chi connectivity index (χ2v) is 5.45. The first kappa shape index (κ1) is 15.6. The average Bonchev–Trinajstić information content (AvgIpc) is 2.54. The van der Waals surface area contributed by atoms with Crippen molar-refractivity contribution in [1.29, 1.82) is 0 Å². The molecule has 1 aliphatic rings. The van der Waals surface area contributed by atoms with Gasteiger partial charge in [-0.15, -0.1) is 0 Å². The van der Waals surface area contributed by atoms with Crippen LogP contribution in [0.15, 0.2) is 18.2 Å². The molecule has 0 heterocycles. The van der Waals surface area contributed by atoms with Crippen LogP contribution in [0.25, 0.3) is 0 Å². The molecule has 5 heteroatoms. The van der Waals surface area contributed by atoms with Crippen LogP contribution in [0.5, 0.6) is 11.5 Å². The van der Waals surface area contributed by atoms with E-state index in [0.29, 0.717) is 24.0 Å². The highest BCUT2D eigenvalue weighted by Crippen LogP contribution is 2.32. The molecule has 1 aromatic carbocycles. The van der Waals surface area contributed by atoms with Gasteiger partial charge in [0.1, 0.15) is 0 Å². The van der Waals surface area contributed by atoms with Gasteiger partial charge in [-0.05, 0) is 37.4 Å². The minimum Gasteiger partial charge on any atom is -0.493 e. The van der Waals surface area contributed by atoms with Gasteiger partial charge in [0.2, 0.25) is 5.91 Å². The van der Waals surface area contributed by atoms with E-state index >= 15 is 0 Å². The molecule has 1 amide bonds. The molecule has 5 nitrogen and oxygen atoms in total. The van der Waals surface area contributed by atoms with Crippen LogP contribution in [0.3, 0.4) is 0 Å². The lowest BCUT2D eigenvalue weighted by atomic mass is 9.78. The molecule has 1 aromatic rings. The lowest BCUT2D eigenvalue weighted by molar-refractivity contribution is -0.122. The molecule has 1 saturated carbocycles. The van der Waals surface area contributed by atoms with E-state index in [0.717, 1.165) is 24.9 Å². The summed E-state index contributed by atoms with van der Waals surface area (Å²) in [6, 6.07) is 5.38. The molecule has 2 rings (SSSR count). The zero-order valence-corrected chi connectivity index (χ0v) is 12.7. The van der Waals surface area contributed by atoms with Crippen molar-refractivity contribution in [2.45, 2.75) is 25.7 Å². The molecule has 21 heavy (non-hydrogen) atoms. The van der Waals surface area contributed by atoms with Gasteiger partial charge in [0, 0.05) is 17.7 Å². The van der Waals surface area contributed by atoms with Crippen molar-refractivity contribution in [3.63, 3.8) is 0 Å². The number of hydrogen-bond donors (Lipinski definition) is 2. The molecule has 0 bridgehead atoms. The van der Waals surface area contributed by atoms with Crippen molar-refractivity contribution < 1.29 is 14.3 Å². The number of carbonyl (C=O) groups is 1. The van der Waals surface area contributed by atoms with E-state index in [1.54, 1.807) is 26.4 Å². The molecule has 1 aliphatic carbocycles. The van der Waals surface area contributed by atoms with Crippen molar-refractivity contribution in [2.75, 3.05) is 26.1 Å². The second-order valence-electron chi connectivity index (χ2n) is 5.45. The van der Waals surface area contributed by atoms with Gasteiger partial charge in [-0.3, -0.25) is 4.79 Å². The summed E-state index contributed by atoms with van der Waals surface area (Å²) in [5, 5.41) is 2.97. The zero-order valence-electron chi connectivity index (χ0n) is 12.7. The second kappa shape index (κ2) is 7.31. The maximum Gasteiger partial charge on any atom is 0.227 e. The first-order valence-electron chi connectivity index (χ1n) is 7.42. The van der Waals surface area contributed by atoms with Gasteiger partial charge in [0.25, 0.3) is 0 Å². The summed E-state index contributed by atoms with van der Waals surface area (Å²) in [7, 11) is 3.17. The number of anilines is 1. The van der Waals surface area contributed by atoms with E-state index in [1.807, 2.05) is 6.07 Å². The fourth-order valence-electron chi connectivity index (χ4n) is 2.98. The summed E-state index contributed by atoms with van der Waals surface area (Å²) in [6.45, 7) is 0.573. The van der Waals surface area contributed by atoms with Crippen LogP contribution in [0.2, 0.25) is 0 Å². The summed E-state index contributed by atoms with van der Waals surface area (Å²) in [5.74, 6) is 1.61. The van der Waals surface area contributed by atoms with Crippen LogP contribution in [-0.4, -0.2) is 26.7 Å². The molecule has 0 radical (unpaired) electrons. The highest BCUT2D eigenvalue weighted by Gasteiger charge is 2.29. The van der Waals surface area contributed by atoms with Gasteiger partial charge >= 0.3 is 0 Å². The number of methoxy groups -OCH3 is 2. The fourth-order valence-corrected chi connectivity index (χ4v) is 2.98. The first-order valence-corrected chi connectivity index (χ1v) is 7.42. The Morgan fingerprint density at radius 1 is 1.24 bits per heavy atom. The van der Waals surface area contributed by atoms with Crippen molar-refractivity contribution >= 4 is 11.6 Å². The van der Waals surface area contributed by atoms with Crippen LogP contribution >= 0.6 is 0 Å². The number of ether oxygens (including phenoxy) is 2. The van der Waals surface area contributed by atoms with E-state index in [1.165, 1.54) is 6.42 Å². The molecular formula is C16H24N2O3. The van der Waals surface area contributed by atoms with Crippen molar-refractivity contribution in [3.05, 3.63) is 18.2 Å². The number of rotatable bonds is 5. The topological polar surface area (TPSA) is 73.6 Å². The summed E-state index contributed by atoms with van der Waals surface area (Å²) in [4.78, 5) is 12.5. The SMILES string of the molecule is COc1ccc(NC(=O)C2CCCCC2CN)cc1OC. The normalized spacial score (nSPS) is 21.7. The summed E-state index contributed by atoms with van der Waals surface area (Å²) in [6.07, 6.45) is 4.23. The molecule has 0 aromatic heterocycles. The minimum absolute atomic E-state index is 0.0110. The Kier molecular flexibility index (Phi) is 5.44. The van der Waals surface area contributed by atoms with Gasteiger partial charge in [-0.25, -0.2) is 0 Å². The van der Waals surface area contributed by atoms with Gasteiger partial charge < -0.3 is 20.5 Å². The Bertz CT molecular complexity index is 490. The highest BCUT2D eigenvalue weighted by atomic mass is 16.5. The zero-order chi connectivity index (χ0) is 15.2. The third-order valence-electron chi connectivity index (χ3n) is 4.20. The van der Waals surface area contributed by atoms with Crippen LogP contribution in [-0.2, 0) is 4.79 Å². The monoisotopic (exact) mass is 292 g/mol. The van der Waals surface area contributed by atoms with Crippen LogP contribution < -0.4 is 20.5 Å². The van der Waals surface area contributed by atoms with E-state index in [4.69, 9.17) is 15.2 Å². The molecular weight excluding hydrogens is 268 g/mol. The molecule has 0 aliphatic heterocycles. The van der Waals surface area contributed by atoms with Crippen LogP contribution in [0.4, 0.5) is 5.69 Å². The Morgan fingerprint density at radius 3 is 2.62 bits per heavy atom. The molecule has 1 fully saturated rings. The average molecular weight is 292 g/mol. The van der Waals surface area contributed by atoms with Crippen molar-refractivity contribution in [2.24, 2.45) is 17.6 Å². The highest BCUT2D eigenvalue weighted by molar-refractivity contribution is 5.93. The van der Waals surface area contributed by atoms with E-state index < -0.39 is 0 Å². The number of hydrogen-bond acceptors (Lipinski definition) is 4. The molecule has 0 saturated heterocycles. The van der Waals surface area contributed by atoms with Crippen molar-refractivity contribution in [3.8, 4) is 11.5 Å². The number of nitrogens with two attached hydrogens (primary N) is 1. The minimum atomic E-state index is 0.0110. The standard InChI is InChI=1S/C16H24N2O3/c1-20-14-8-7-12(9-15(14)21-2)18-16(19)13-6-4-3-5-11(13)10-17/h7-9,11,13H,3-6,10,17H2,1-2H3,(H,18,19). The van der Waals surface area contributed by atoms with E-state index in [2.05, 4.69) is 5.32 Å². The first-order chi connectivity index (χ1) is 10.2. The van der Waals surface area contributed by atoms with Gasteiger partial charge in [0.05, 0.1) is 14.2 Å². The predicted molar refractivity (Wildman–Crippen MR) is 82.7 cm³/mol. The Balaban J connectivity index is 2.08. The van der Waals surface area contributed by atoms with Gasteiger partial charge in [-0.2, -0.15) is 0 Å². The Hall–Kier alpha value is -1.75. The number of nitrogens with one attached hydrogen (secondary N) is 1. The van der Waals surface area contributed by atoms with E-state index in [-0.39, 0.29) is 11.8 Å². The molecule has 3 N–H and O–H groups in total. The number of carbonyl (C=O) groups excluding carboxylic acids is 1. The van der Waals surface area contributed by atoms with E-state index in [9.17, 15) is 4.79 Å². The fraction of sp³-hybridized carbons (Fsp3) is 0.562. The van der Waals surface area contributed by atoms with Crippen LogP contribution in [0, 0.1) is 11.8 Å². The molecule has 0 spiro atoms. The largest absolute Gasteiger partial charge is 0.493 e. The third-order valence-corrected chi connectivity index (χ3v) is 4.20. The lowest BCUT2D eigenvalue weighted by Gasteiger charge is -2.29. The smallest absolute Gasteiger partial charge is 0.227 e. The Labute approximate surface area is 125 Å².